The summed E-state index contributed by atoms with van der Waals surface area (Å²) in [6.07, 6.45) is 1.71. The summed E-state index contributed by atoms with van der Waals surface area (Å²) >= 11 is 0. The van der Waals surface area contributed by atoms with Crippen LogP contribution < -0.4 is 16.0 Å². The molecule has 0 bridgehead atoms. The van der Waals surface area contributed by atoms with E-state index in [-0.39, 0.29) is 30.2 Å². The van der Waals surface area contributed by atoms with Crippen LogP contribution in [0.5, 0.6) is 0 Å². The molecule has 3 aliphatic heterocycles. The van der Waals surface area contributed by atoms with Crippen molar-refractivity contribution < 1.29 is 14.4 Å². The fraction of sp³-hybridized carbons (Fsp3) is 0.400. The summed E-state index contributed by atoms with van der Waals surface area (Å²) in [5, 5.41) is 9.54. The Morgan fingerprint density at radius 2 is 1.84 bits per heavy atom. The van der Waals surface area contributed by atoms with Gasteiger partial charge in [0, 0.05) is 43.6 Å². The van der Waals surface area contributed by atoms with Crippen LogP contribution in [-0.4, -0.2) is 47.8 Å². The highest BCUT2D eigenvalue weighted by molar-refractivity contribution is 6.06. The number of carbonyl (C=O) groups is 3. The van der Waals surface area contributed by atoms with Gasteiger partial charge in [-0.1, -0.05) is 48.5 Å². The molecule has 3 atom stereocenters. The van der Waals surface area contributed by atoms with Gasteiger partial charge < -0.3 is 15.5 Å². The summed E-state index contributed by atoms with van der Waals surface area (Å²) in [6, 6.07) is 16.2. The molecule has 3 amide bonds. The second-order valence-electron chi connectivity index (χ2n) is 8.85. The number of rotatable bonds is 5. The lowest BCUT2D eigenvalue weighted by molar-refractivity contribution is -0.136. The van der Waals surface area contributed by atoms with Gasteiger partial charge in [0.1, 0.15) is 6.04 Å². The summed E-state index contributed by atoms with van der Waals surface area (Å²) in [7, 11) is 0. The van der Waals surface area contributed by atoms with Crippen molar-refractivity contribution in [3.63, 3.8) is 0 Å². The lowest BCUT2D eigenvalue weighted by Gasteiger charge is -2.33. The minimum absolute atomic E-state index is 0.117. The van der Waals surface area contributed by atoms with Crippen LogP contribution in [0.1, 0.15) is 52.2 Å². The van der Waals surface area contributed by atoms with Crippen molar-refractivity contribution >= 4 is 17.7 Å². The Kier molecular flexibility index (Phi) is 5.76. The van der Waals surface area contributed by atoms with Crippen LogP contribution in [0.3, 0.4) is 0 Å². The molecular formula is C25H28N4O3. The Hall–Kier alpha value is -3.03. The van der Waals surface area contributed by atoms with Crippen molar-refractivity contribution in [2.75, 3.05) is 13.1 Å². The molecule has 0 radical (unpaired) electrons. The lowest BCUT2D eigenvalue weighted by Crippen LogP contribution is -2.52. The predicted molar refractivity (Wildman–Crippen MR) is 120 cm³/mol. The maximum absolute atomic E-state index is 13.3. The fourth-order valence-electron chi connectivity index (χ4n) is 5.25. The monoisotopic (exact) mass is 432 g/mol. The summed E-state index contributed by atoms with van der Waals surface area (Å²) in [6.45, 7) is 2.88. The number of hydrogen-bond donors (Lipinski definition) is 3. The minimum atomic E-state index is -0.585. The Labute approximate surface area is 187 Å². The van der Waals surface area contributed by atoms with E-state index in [0.29, 0.717) is 31.0 Å². The van der Waals surface area contributed by atoms with E-state index < -0.39 is 6.04 Å². The van der Waals surface area contributed by atoms with Gasteiger partial charge in [-0.15, -0.1) is 0 Å². The van der Waals surface area contributed by atoms with Crippen molar-refractivity contribution in [2.24, 2.45) is 0 Å². The molecule has 2 fully saturated rings. The summed E-state index contributed by atoms with van der Waals surface area (Å²) < 4.78 is 0. The molecule has 0 saturated carbocycles. The van der Waals surface area contributed by atoms with Crippen LogP contribution in [0, 0.1) is 0 Å². The number of nitrogens with zero attached hydrogens (tertiary/aromatic N) is 1. The van der Waals surface area contributed by atoms with Crippen LogP contribution >= 0.6 is 0 Å². The van der Waals surface area contributed by atoms with E-state index in [0.717, 1.165) is 30.6 Å². The van der Waals surface area contributed by atoms with Gasteiger partial charge in [0.2, 0.25) is 11.8 Å². The first-order valence-electron chi connectivity index (χ1n) is 11.4. The Bertz CT molecular complexity index is 1040. The molecule has 3 unspecified atom stereocenters. The van der Waals surface area contributed by atoms with Gasteiger partial charge in [-0.3, -0.25) is 19.7 Å². The van der Waals surface area contributed by atoms with E-state index in [1.165, 1.54) is 5.56 Å². The second-order valence-corrected chi connectivity index (χ2v) is 8.85. The standard InChI is InChI=1S/C25H28N4O3/c30-22-10-9-21(24(31)28-22)29-15-18-8-4-7-17(23(18)25(29)32)13-27-20-14-26-12-11-19(20)16-5-2-1-3-6-16/h1-8,19-21,26-27H,9-15H2,(H,28,30,31). The first kappa shape index (κ1) is 20.8. The number of benzene rings is 2. The SMILES string of the molecule is O=C1CCC(N2Cc3cccc(CNC4CNCCC4c4ccccc4)c3C2=O)C(=O)N1. The highest BCUT2D eigenvalue weighted by Crippen LogP contribution is 2.31. The fourth-order valence-corrected chi connectivity index (χ4v) is 5.25. The second kappa shape index (κ2) is 8.84. The third-order valence-corrected chi connectivity index (χ3v) is 6.90. The smallest absolute Gasteiger partial charge is 0.255 e. The molecule has 0 spiro atoms. The van der Waals surface area contributed by atoms with Gasteiger partial charge in [0.25, 0.3) is 5.91 Å². The Balaban J connectivity index is 1.32. The van der Waals surface area contributed by atoms with E-state index in [2.05, 4.69) is 40.2 Å². The highest BCUT2D eigenvalue weighted by atomic mass is 16.2. The summed E-state index contributed by atoms with van der Waals surface area (Å²) in [4.78, 5) is 38.8. The normalized spacial score (nSPS) is 25.6. The highest BCUT2D eigenvalue weighted by Gasteiger charge is 2.40. The van der Waals surface area contributed by atoms with Crippen LogP contribution in [0.15, 0.2) is 48.5 Å². The molecule has 32 heavy (non-hydrogen) atoms. The van der Waals surface area contributed by atoms with E-state index in [4.69, 9.17) is 0 Å². The average Bonchev–Trinajstić information content (AvgIpc) is 3.15. The largest absolute Gasteiger partial charge is 0.322 e. The van der Waals surface area contributed by atoms with Crippen LogP contribution in [0.25, 0.3) is 0 Å². The Morgan fingerprint density at radius 1 is 1.00 bits per heavy atom. The number of carbonyl (C=O) groups excluding carboxylic acids is 3. The third-order valence-electron chi connectivity index (χ3n) is 6.90. The molecule has 0 aliphatic carbocycles. The quantitative estimate of drug-likeness (QED) is 0.626. The van der Waals surface area contributed by atoms with Crippen LogP contribution in [-0.2, 0) is 22.7 Å². The zero-order chi connectivity index (χ0) is 22.1. The first-order valence-corrected chi connectivity index (χ1v) is 11.4. The van der Waals surface area contributed by atoms with Crippen molar-refractivity contribution in [1.82, 2.24) is 20.9 Å². The van der Waals surface area contributed by atoms with Crippen molar-refractivity contribution in [2.45, 2.75) is 50.4 Å². The van der Waals surface area contributed by atoms with E-state index in [9.17, 15) is 14.4 Å². The number of amides is 3. The van der Waals surface area contributed by atoms with Crippen molar-refractivity contribution in [3.8, 4) is 0 Å². The molecule has 166 valence electrons. The van der Waals surface area contributed by atoms with Crippen LogP contribution in [0.4, 0.5) is 0 Å². The maximum atomic E-state index is 13.3. The summed E-state index contributed by atoms with van der Waals surface area (Å²) in [5.41, 5.74) is 3.94. The molecule has 0 aromatic heterocycles. The molecule has 2 aromatic rings. The molecule has 2 saturated heterocycles. The molecule has 3 N–H and O–H groups in total. The first-order chi connectivity index (χ1) is 15.6. The van der Waals surface area contributed by atoms with Gasteiger partial charge in [-0.2, -0.15) is 0 Å². The molecule has 3 heterocycles. The molecule has 7 nitrogen and oxygen atoms in total. The van der Waals surface area contributed by atoms with E-state index >= 15 is 0 Å². The zero-order valence-electron chi connectivity index (χ0n) is 18.0. The Morgan fingerprint density at radius 3 is 2.66 bits per heavy atom. The molecular weight excluding hydrogens is 404 g/mol. The molecule has 7 heteroatoms. The zero-order valence-corrected chi connectivity index (χ0v) is 18.0. The van der Waals surface area contributed by atoms with Gasteiger partial charge >= 0.3 is 0 Å². The molecule has 5 rings (SSSR count). The van der Waals surface area contributed by atoms with E-state index in [1.807, 2.05) is 24.3 Å². The molecule has 2 aromatic carbocycles. The van der Waals surface area contributed by atoms with Crippen molar-refractivity contribution in [3.05, 3.63) is 70.8 Å². The average molecular weight is 433 g/mol. The van der Waals surface area contributed by atoms with Crippen molar-refractivity contribution in [1.29, 1.82) is 0 Å². The van der Waals surface area contributed by atoms with Crippen LogP contribution in [0.2, 0.25) is 0 Å². The number of fused-ring (bicyclic) bond motifs is 1. The van der Waals surface area contributed by atoms with Gasteiger partial charge in [0.15, 0.2) is 0 Å². The maximum Gasteiger partial charge on any atom is 0.255 e. The molecule has 3 aliphatic rings. The number of piperidine rings is 2. The number of nitrogens with one attached hydrogen (secondary N) is 3. The number of imide groups is 1. The van der Waals surface area contributed by atoms with E-state index in [1.54, 1.807) is 4.90 Å². The number of hydrogen-bond acceptors (Lipinski definition) is 5. The summed E-state index contributed by atoms with van der Waals surface area (Å²) in [5.74, 6) is -0.339. The van der Waals surface area contributed by atoms with Gasteiger partial charge in [0.05, 0.1) is 0 Å². The minimum Gasteiger partial charge on any atom is -0.322 e. The third kappa shape index (κ3) is 3.94. The predicted octanol–water partition coefficient (Wildman–Crippen LogP) is 1.68. The van der Waals surface area contributed by atoms with Gasteiger partial charge in [-0.25, -0.2) is 0 Å². The lowest BCUT2D eigenvalue weighted by atomic mass is 9.86. The topological polar surface area (TPSA) is 90.5 Å². The van der Waals surface area contributed by atoms with Gasteiger partial charge in [-0.05, 0) is 36.1 Å².